The van der Waals surface area contributed by atoms with Gasteiger partial charge in [-0.15, -0.1) is 0 Å². The van der Waals surface area contributed by atoms with Crippen LogP contribution in [0.5, 0.6) is 0 Å². The molecule has 2 aliphatic rings. The first kappa shape index (κ1) is 31.9. The van der Waals surface area contributed by atoms with Crippen molar-refractivity contribution in [1.82, 2.24) is 28.9 Å². The molecule has 4 heterocycles. The molecule has 0 radical (unpaired) electrons. The van der Waals surface area contributed by atoms with Crippen molar-refractivity contribution in [3.05, 3.63) is 76.5 Å². The van der Waals surface area contributed by atoms with Crippen LogP contribution in [-0.4, -0.2) is 66.5 Å². The van der Waals surface area contributed by atoms with Gasteiger partial charge in [0.15, 0.2) is 11.2 Å². The Hall–Kier alpha value is -4.67. The molecule has 0 bridgehead atoms. The van der Waals surface area contributed by atoms with Crippen LogP contribution in [0.3, 0.4) is 0 Å². The molecule has 4 aromatic heterocycles. The van der Waals surface area contributed by atoms with E-state index in [0.29, 0.717) is 46.4 Å². The predicted octanol–water partition coefficient (Wildman–Crippen LogP) is 2.02. The van der Waals surface area contributed by atoms with Crippen LogP contribution in [0.4, 0.5) is 11.6 Å². The number of esters is 1. The lowest BCUT2D eigenvalue weighted by Crippen LogP contribution is -2.41. The van der Waals surface area contributed by atoms with Crippen LogP contribution in [0.2, 0.25) is 0 Å². The monoisotopic (exact) mass is 659 g/mol. The van der Waals surface area contributed by atoms with E-state index in [4.69, 9.17) is 14.8 Å². The average molecular weight is 660 g/mol. The maximum Gasteiger partial charge on any atom is 0.377 e. The van der Waals surface area contributed by atoms with Crippen LogP contribution in [0.15, 0.2) is 59.5 Å². The number of ether oxygens (including phenoxy) is 1. The second-order valence-corrected chi connectivity index (χ2v) is 13.4. The van der Waals surface area contributed by atoms with Gasteiger partial charge in [0, 0.05) is 17.5 Å². The molecule has 0 amide bonds. The third-order valence-corrected chi connectivity index (χ3v) is 9.39. The van der Waals surface area contributed by atoms with Crippen LogP contribution in [-0.2, 0) is 33.4 Å². The van der Waals surface area contributed by atoms with Gasteiger partial charge in [-0.3, -0.25) is 4.57 Å². The molecular formula is C33H37N7O8. The van der Waals surface area contributed by atoms with Gasteiger partial charge in [0.05, 0.1) is 23.3 Å². The Kier molecular flexibility index (Phi) is 7.45. The Balaban J connectivity index is 1.28. The highest BCUT2D eigenvalue weighted by molar-refractivity contribution is 5.88. The molecule has 1 aromatic carbocycles. The lowest BCUT2D eigenvalue weighted by atomic mass is 10.0. The first-order chi connectivity index (χ1) is 22.7. The van der Waals surface area contributed by atoms with Crippen LogP contribution in [0, 0.1) is 5.92 Å². The molecule has 0 saturated heterocycles. The van der Waals surface area contributed by atoms with Crippen molar-refractivity contribution in [2.24, 2.45) is 5.92 Å². The number of hydrogen-bond donors (Lipinski definition) is 6. The van der Waals surface area contributed by atoms with Gasteiger partial charge in [0.1, 0.15) is 29.5 Å². The van der Waals surface area contributed by atoms with Gasteiger partial charge in [0.2, 0.25) is 0 Å². The van der Waals surface area contributed by atoms with Crippen molar-refractivity contribution in [2.75, 3.05) is 5.32 Å². The summed E-state index contributed by atoms with van der Waals surface area (Å²) in [7, 11) is 0. The zero-order valence-electron chi connectivity index (χ0n) is 26.6. The van der Waals surface area contributed by atoms with Gasteiger partial charge < -0.3 is 35.6 Å². The summed E-state index contributed by atoms with van der Waals surface area (Å²) < 4.78 is 9.06. The molecule has 15 nitrogen and oxygen atoms in total. The Morgan fingerprint density at radius 2 is 1.79 bits per heavy atom. The van der Waals surface area contributed by atoms with Crippen molar-refractivity contribution in [3.63, 3.8) is 0 Å². The molecule has 2 saturated carbocycles. The van der Waals surface area contributed by atoms with Gasteiger partial charge in [-0.05, 0) is 63.1 Å². The molecule has 7 rings (SSSR count). The van der Waals surface area contributed by atoms with Crippen LogP contribution in [0.1, 0.15) is 63.8 Å². The van der Waals surface area contributed by atoms with E-state index in [2.05, 4.69) is 10.3 Å². The minimum Gasteiger partial charge on any atom is -0.459 e. The standard InChI is InChI=1S/C33H37N7O8/c1-18-15-32(18,29(42)48-17-19-7-5-4-6-8-19)40-28-22(27(37-40)31(2,3)44)11-12-25(36-28)35-26-14-23-24(16-34-26)39(33(45,46)47)30(43)38(23)20-9-10-21(41)13-20/h4-8,11-12,14,16,18,20-21,41,44-47H,9-10,13,15,17H2,1-3H3,(H,34,35,36). The molecule has 252 valence electrons. The van der Waals surface area contributed by atoms with Crippen LogP contribution in [0.25, 0.3) is 22.1 Å². The number of hydrogen-bond acceptors (Lipinski definition) is 12. The van der Waals surface area contributed by atoms with E-state index >= 15 is 0 Å². The SMILES string of the molecule is CC1CC1(C(=O)OCc1ccccc1)n1nc(C(C)(C)O)c2ccc(Nc3cc4c(cn3)n(C(O)(O)O)c(=O)n4C3CCC(O)C3)nc21. The summed E-state index contributed by atoms with van der Waals surface area (Å²) in [4.78, 5) is 36.1. The highest BCUT2D eigenvalue weighted by atomic mass is 16.7. The van der Waals surface area contributed by atoms with E-state index in [9.17, 15) is 35.1 Å². The van der Waals surface area contributed by atoms with Gasteiger partial charge in [0.25, 0.3) is 0 Å². The fourth-order valence-electron chi connectivity index (χ4n) is 6.85. The number of nitrogens with one attached hydrogen (secondary N) is 1. The number of imidazole rings is 1. The van der Waals surface area contributed by atoms with Crippen molar-refractivity contribution in [3.8, 4) is 0 Å². The summed E-state index contributed by atoms with van der Waals surface area (Å²) >= 11 is 0. The lowest BCUT2D eigenvalue weighted by molar-refractivity contribution is -0.374. The molecule has 4 atom stereocenters. The number of anilines is 2. The minimum atomic E-state index is -3.48. The third kappa shape index (κ3) is 5.33. The van der Waals surface area contributed by atoms with Crippen molar-refractivity contribution < 1.29 is 35.1 Å². The lowest BCUT2D eigenvalue weighted by Gasteiger charge is -2.18. The van der Waals surface area contributed by atoms with Crippen molar-refractivity contribution in [2.45, 2.75) is 82.4 Å². The zero-order valence-corrected chi connectivity index (χ0v) is 26.6. The van der Waals surface area contributed by atoms with Gasteiger partial charge >= 0.3 is 17.8 Å². The van der Waals surface area contributed by atoms with Gasteiger partial charge in [-0.25, -0.2) is 28.8 Å². The van der Waals surface area contributed by atoms with E-state index < -0.39 is 41.0 Å². The predicted molar refractivity (Wildman–Crippen MR) is 172 cm³/mol. The normalized spacial score (nSPS) is 22.8. The molecule has 2 fully saturated rings. The zero-order chi connectivity index (χ0) is 34.2. The Labute approximate surface area is 273 Å². The van der Waals surface area contributed by atoms with E-state index in [0.717, 1.165) is 5.56 Å². The molecule has 5 aromatic rings. The van der Waals surface area contributed by atoms with E-state index in [1.165, 1.54) is 16.8 Å². The van der Waals surface area contributed by atoms with Gasteiger partial charge in [-0.1, -0.05) is 37.3 Å². The summed E-state index contributed by atoms with van der Waals surface area (Å²) in [6.07, 6.45) is -1.20. The number of fused-ring (bicyclic) bond motifs is 2. The molecule has 4 unspecified atom stereocenters. The fourth-order valence-corrected chi connectivity index (χ4v) is 6.85. The number of pyridine rings is 2. The van der Waals surface area contributed by atoms with E-state index in [1.54, 1.807) is 30.7 Å². The number of benzene rings is 1. The quantitative estimate of drug-likeness (QED) is 0.0992. The van der Waals surface area contributed by atoms with Crippen LogP contribution >= 0.6 is 0 Å². The number of aliphatic hydroxyl groups excluding tert-OH is 1. The second-order valence-electron chi connectivity index (χ2n) is 13.4. The Morgan fingerprint density at radius 1 is 1.06 bits per heavy atom. The summed E-state index contributed by atoms with van der Waals surface area (Å²) in [5.74, 6) is -0.0224. The van der Waals surface area contributed by atoms with Crippen molar-refractivity contribution in [1.29, 1.82) is 0 Å². The maximum atomic E-state index is 13.7. The number of rotatable bonds is 9. The maximum absolute atomic E-state index is 13.7. The molecule has 15 heteroatoms. The molecule has 48 heavy (non-hydrogen) atoms. The largest absolute Gasteiger partial charge is 0.459 e. The Morgan fingerprint density at radius 3 is 2.42 bits per heavy atom. The molecule has 6 N–H and O–H groups in total. The molecule has 0 spiro atoms. The van der Waals surface area contributed by atoms with Crippen molar-refractivity contribution >= 4 is 39.7 Å². The second kappa shape index (κ2) is 11.2. The topological polar surface area (TPSA) is 210 Å². The Bertz CT molecular complexity index is 2090. The average Bonchev–Trinajstić information content (AvgIpc) is 3.30. The summed E-state index contributed by atoms with van der Waals surface area (Å²) in [6, 6.07) is 13.8. The summed E-state index contributed by atoms with van der Waals surface area (Å²) in [5.41, 5.74) is -1.61. The van der Waals surface area contributed by atoms with Crippen LogP contribution < -0.4 is 11.0 Å². The summed E-state index contributed by atoms with van der Waals surface area (Å²) in [5, 5.41) is 59.5. The first-order valence-corrected chi connectivity index (χ1v) is 15.8. The van der Waals surface area contributed by atoms with E-state index in [-0.39, 0.29) is 35.8 Å². The number of carbonyl (C=O) groups is 1. The highest BCUT2D eigenvalue weighted by Gasteiger charge is 2.62. The number of nitrogens with zero attached hydrogens (tertiary/aromatic N) is 6. The fraction of sp³-hybridized carbons (Fsp3) is 0.424. The first-order valence-electron chi connectivity index (χ1n) is 15.8. The number of aliphatic hydroxyl groups is 5. The summed E-state index contributed by atoms with van der Waals surface area (Å²) in [6.45, 7) is 5.24. The number of aromatic nitrogens is 6. The third-order valence-electron chi connectivity index (χ3n) is 9.39. The minimum absolute atomic E-state index is 0.0329. The molecular weight excluding hydrogens is 622 g/mol. The smallest absolute Gasteiger partial charge is 0.377 e. The highest BCUT2D eigenvalue weighted by Crippen LogP contribution is 2.52. The van der Waals surface area contributed by atoms with Gasteiger partial charge in [-0.2, -0.15) is 5.10 Å². The van der Waals surface area contributed by atoms with E-state index in [1.807, 2.05) is 37.3 Å². The molecule has 2 aliphatic carbocycles. The number of carbonyl (C=O) groups excluding carboxylic acids is 1. The molecule has 0 aliphatic heterocycles.